The molecule has 0 spiro atoms. The zero-order valence-corrected chi connectivity index (χ0v) is 15.5. The molecule has 140 valence electrons. The van der Waals surface area contributed by atoms with Crippen molar-refractivity contribution in [1.29, 1.82) is 0 Å². The number of amides is 3. The van der Waals surface area contributed by atoms with E-state index in [1.807, 2.05) is 36.1 Å². The van der Waals surface area contributed by atoms with Gasteiger partial charge in [-0.2, -0.15) is 0 Å². The van der Waals surface area contributed by atoms with E-state index < -0.39 is 0 Å². The van der Waals surface area contributed by atoms with Crippen LogP contribution >= 0.6 is 0 Å². The normalized spacial score (nSPS) is 18.4. The van der Waals surface area contributed by atoms with Gasteiger partial charge in [-0.05, 0) is 25.3 Å². The van der Waals surface area contributed by atoms with E-state index in [0.717, 1.165) is 24.0 Å². The van der Waals surface area contributed by atoms with Crippen LogP contribution in [-0.2, 0) is 14.4 Å². The number of rotatable bonds is 5. The molecule has 1 aromatic carbocycles. The maximum Gasteiger partial charge on any atom is 0.225 e. The summed E-state index contributed by atoms with van der Waals surface area (Å²) in [4.78, 5) is 40.1. The van der Waals surface area contributed by atoms with E-state index in [-0.39, 0.29) is 36.1 Å². The van der Waals surface area contributed by atoms with Crippen molar-refractivity contribution in [2.45, 2.75) is 39.2 Å². The van der Waals surface area contributed by atoms with E-state index in [4.69, 9.17) is 0 Å². The number of carbonyl (C=O) groups is 3. The summed E-state index contributed by atoms with van der Waals surface area (Å²) in [6.07, 6.45) is 2.25. The minimum Gasteiger partial charge on any atom is -0.349 e. The largest absolute Gasteiger partial charge is 0.349 e. The maximum absolute atomic E-state index is 12.7. The van der Waals surface area contributed by atoms with Gasteiger partial charge >= 0.3 is 0 Å². The Morgan fingerprint density at radius 3 is 2.15 bits per heavy atom. The fourth-order valence-electron chi connectivity index (χ4n) is 3.36. The van der Waals surface area contributed by atoms with Crippen LogP contribution in [0, 0.1) is 12.8 Å². The van der Waals surface area contributed by atoms with Crippen LogP contribution in [0.15, 0.2) is 24.3 Å². The molecule has 2 aliphatic rings. The highest BCUT2D eigenvalue weighted by atomic mass is 16.2. The first-order valence-corrected chi connectivity index (χ1v) is 9.34. The monoisotopic (exact) mass is 357 g/mol. The highest BCUT2D eigenvalue weighted by Gasteiger charge is 2.35. The number of nitrogens with one attached hydrogen (secondary N) is 1. The second-order valence-corrected chi connectivity index (χ2v) is 7.35. The Balaban J connectivity index is 1.58. The lowest BCUT2D eigenvalue weighted by molar-refractivity contribution is -0.140. The Bertz CT molecular complexity index is 674. The standard InChI is InChI=1S/C20H27N3O3/c1-14-3-5-16(6-4-14)18(21-15(2)24)13-19(25)22-9-11-23(12-10-22)20(26)17-7-8-17/h3-6,17-18H,7-13H2,1-2H3,(H,21,24). The third-order valence-corrected chi connectivity index (χ3v) is 5.11. The Labute approximate surface area is 154 Å². The molecule has 6 heteroatoms. The average Bonchev–Trinajstić information content (AvgIpc) is 3.46. The Hall–Kier alpha value is -2.37. The predicted molar refractivity (Wildman–Crippen MR) is 98.2 cm³/mol. The number of hydrogen-bond donors (Lipinski definition) is 1. The number of nitrogens with zero attached hydrogens (tertiary/aromatic N) is 2. The molecule has 1 aromatic rings. The second-order valence-electron chi connectivity index (χ2n) is 7.35. The molecule has 3 rings (SSSR count). The lowest BCUT2D eigenvalue weighted by Gasteiger charge is -2.35. The van der Waals surface area contributed by atoms with Crippen molar-refractivity contribution in [3.63, 3.8) is 0 Å². The number of hydrogen-bond acceptors (Lipinski definition) is 3. The molecule has 1 saturated carbocycles. The van der Waals surface area contributed by atoms with E-state index in [0.29, 0.717) is 26.2 Å². The summed E-state index contributed by atoms with van der Waals surface area (Å²) in [6.45, 7) is 5.82. The number of piperazine rings is 1. The highest BCUT2D eigenvalue weighted by Crippen LogP contribution is 2.31. The Kier molecular flexibility index (Phi) is 5.59. The van der Waals surface area contributed by atoms with Gasteiger partial charge in [-0.3, -0.25) is 14.4 Å². The number of benzene rings is 1. The summed E-state index contributed by atoms with van der Waals surface area (Å²) in [5.74, 6) is 0.335. The van der Waals surface area contributed by atoms with Gasteiger partial charge in [0.15, 0.2) is 0 Å². The molecule has 0 aromatic heterocycles. The lowest BCUT2D eigenvalue weighted by Crippen LogP contribution is -2.51. The van der Waals surface area contributed by atoms with Crippen LogP contribution in [-0.4, -0.2) is 53.7 Å². The molecular formula is C20H27N3O3. The summed E-state index contributed by atoms with van der Waals surface area (Å²) in [6, 6.07) is 7.55. The summed E-state index contributed by atoms with van der Waals surface area (Å²) in [5.41, 5.74) is 2.07. The van der Waals surface area contributed by atoms with Gasteiger partial charge < -0.3 is 15.1 Å². The molecule has 1 aliphatic heterocycles. The third kappa shape index (κ3) is 4.62. The van der Waals surface area contributed by atoms with Crippen molar-refractivity contribution in [2.24, 2.45) is 5.92 Å². The highest BCUT2D eigenvalue weighted by molar-refractivity contribution is 5.82. The second kappa shape index (κ2) is 7.89. The fourth-order valence-corrected chi connectivity index (χ4v) is 3.36. The Morgan fingerprint density at radius 2 is 1.62 bits per heavy atom. The summed E-state index contributed by atoms with van der Waals surface area (Å²) in [7, 11) is 0. The van der Waals surface area contributed by atoms with Gasteiger partial charge in [0.1, 0.15) is 0 Å². The lowest BCUT2D eigenvalue weighted by atomic mass is 10.0. The smallest absolute Gasteiger partial charge is 0.225 e. The first-order valence-electron chi connectivity index (χ1n) is 9.34. The minimum absolute atomic E-state index is 0.0165. The molecule has 26 heavy (non-hydrogen) atoms. The molecule has 2 fully saturated rings. The van der Waals surface area contributed by atoms with Crippen molar-refractivity contribution in [2.75, 3.05) is 26.2 Å². The van der Waals surface area contributed by atoms with Crippen molar-refractivity contribution >= 4 is 17.7 Å². The fraction of sp³-hybridized carbons (Fsp3) is 0.550. The van der Waals surface area contributed by atoms with Crippen LogP contribution in [0.4, 0.5) is 0 Å². The van der Waals surface area contributed by atoms with E-state index in [1.165, 1.54) is 6.92 Å². The Morgan fingerprint density at radius 1 is 1.04 bits per heavy atom. The van der Waals surface area contributed by atoms with Gasteiger partial charge in [0, 0.05) is 39.0 Å². The number of carbonyl (C=O) groups excluding carboxylic acids is 3. The van der Waals surface area contributed by atoms with Gasteiger partial charge in [0.25, 0.3) is 0 Å². The predicted octanol–water partition coefficient (Wildman–Crippen LogP) is 1.64. The van der Waals surface area contributed by atoms with Gasteiger partial charge in [-0.1, -0.05) is 29.8 Å². The van der Waals surface area contributed by atoms with Gasteiger partial charge in [0.05, 0.1) is 12.5 Å². The SMILES string of the molecule is CC(=O)NC(CC(=O)N1CCN(C(=O)C2CC2)CC1)c1ccc(C)cc1. The molecular weight excluding hydrogens is 330 g/mol. The molecule has 1 N–H and O–H groups in total. The molecule has 1 saturated heterocycles. The first-order chi connectivity index (χ1) is 12.4. The van der Waals surface area contributed by atoms with E-state index in [9.17, 15) is 14.4 Å². The summed E-state index contributed by atoms with van der Waals surface area (Å²) >= 11 is 0. The van der Waals surface area contributed by atoms with Gasteiger partial charge in [-0.15, -0.1) is 0 Å². The van der Waals surface area contributed by atoms with Crippen LogP contribution < -0.4 is 5.32 Å². The minimum atomic E-state index is -0.327. The van der Waals surface area contributed by atoms with Crippen molar-refractivity contribution in [1.82, 2.24) is 15.1 Å². The van der Waals surface area contributed by atoms with Crippen LogP contribution in [0.3, 0.4) is 0 Å². The van der Waals surface area contributed by atoms with Crippen molar-refractivity contribution < 1.29 is 14.4 Å². The molecule has 1 unspecified atom stereocenters. The molecule has 0 bridgehead atoms. The third-order valence-electron chi connectivity index (χ3n) is 5.11. The maximum atomic E-state index is 12.7. The molecule has 0 radical (unpaired) electrons. The quantitative estimate of drug-likeness (QED) is 0.871. The molecule has 6 nitrogen and oxygen atoms in total. The van der Waals surface area contributed by atoms with Crippen LogP contribution in [0.25, 0.3) is 0 Å². The van der Waals surface area contributed by atoms with Crippen molar-refractivity contribution in [3.8, 4) is 0 Å². The van der Waals surface area contributed by atoms with E-state index >= 15 is 0 Å². The van der Waals surface area contributed by atoms with Gasteiger partial charge in [0.2, 0.25) is 17.7 Å². The molecule has 1 aliphatic carbocycles. The topological polar surface area (TPSA) is 69.7 Å². The van der Waals surface area contributed by atoms with E-state index in [1.54, 1.807) is 4.90 Å². The summed E-state index contributed by atoms with van der Waals surface area (Å²) in [5, 5.41) is 2.88. The van der Waals surface area contributed by atoms with Gasteiger partial charge in [-0.25, -0.2) is 0 Å². The van der Waals surface area contributed by atoms with Crippen LogP contribution in [0.2, 0.25) is 0 Å². The first kappa shape index (κ1) is 18.4. The molecule has 3 amide bonds. The van der Waals surface area contributed by atoms with Crippen LogP contribution in [0.1, 0.15) is 43.4 Å². The zero-order valence-electron chi connectivity index (χ0n) is 15.5. The average molecular weight is 357 g/mol. The van der Waals surface area contributed by atoms with Crippen molar-refractivity contribution in [3.05, 3.63) is 35.4 Å². The van der Waals surface area contributed by atoms with E-state index in [2.05, 4.69) is 5.32 Å². The van der Waals surface area contributed by atoms with Crippen LogP contribution in [0.5, 0.6) is 0 Å². The molecule has 1 heterocycles. The summed E-state index contributed by atoms with van der Waals surface area (Å²) < 4.78 is 0. The molecule has 1 atom stereocenters. The number of aryl methyl sites for hydroxylation is 1. The zero-order chi connectivity index (χ0) is 18.7.